The van der Waals surface area contributed by atoms with Gasteiger partial charge in [-0.1, -0.05) is 26.7 Å². The highest BCUT2D eigenvalue weighted by Gasteiger charge is 2.15. The number of rotatable bonds is 10. The largest absolute Gasteiger partial charge is 0.354 e. The molecule has 0 heterocycles. The number of anilines is 1. The summed E-state index contributed by atoms with van der Waals surface area (Å²) < 4.78 is 0. The third kappa shape index (κ3) is 7.83. The zero-order chi connectivity index (χ0) is 18.7. The van der Waals surface area contributed by atoms with Crippen molar-refractivity contribution >= 4 is 23.4 Å². The fourth-order valence-electron chi connectivity index (χ4n) is 2.62. The van der Waals surface area contributed by atoms with Crippen molar-refractivity contribution in [2.45, 2.75) is 46.5 Å². The van der Waals surface area contributed by atoms with Gasteiger partial charge in [0.05, 0.1) is 0 Å². The lowest BCUT2D eigenvalue weighted by molar-refractivity contribution is -0.125. The molecule has 0 saturated carbocycles. The Morgan fingerprint density at radius 2 is 1.48 bits per heavy atom. The first kappa shape index (κ1) is 20.7. The molecular formula is C19H29N3O3. The minimum absolute atomic E-state index is 0.0621. The van der Waals surface area contributed by atoms with Crippen molar-refractivity contribution in [3.8, 4) is 0 Å². The molecular weight excluding hydrogens is 318 g/mol. The van der Waals surface area contributed by atoms with Crippen LogP contribution in [0.15, 0.2) is 24.3 Å². The molecule has 3 amide bonds. The number of benzene rings is 1. The Morgan fingerprint density at radius 1 is 0.920 bits per heavy atom. The number of amides is 3. The van der Waals surface area contributed by atoms with E-state index in [-0.39, 0.29) is 23.6 Å². The smallest absolute Gasteiger partial charge is 0.251 e. The van der Waals surface area contributed by atoms with E-state index in [1.54, 1.807) is 24.3 Å². The van der Waals surface area contributed by atoms with Gasteiger partial charge in [-0.3, -0.25) is 14.4 Å². The van der Waals surface area contributed by atoms with Crippen molar-refractivity contribution in [2.75, 3.05) is 18.4 Å². The van der Waals surface area contributed by atoms with E-state index in [1.807, 2.05) is 0 Å². The number of hydrogen-bond acceptors (Lipinski definition) is 3. The molecule has 138 valence electrons. The molecule has 1 rings (SSSR count). The van der Waals surface area contributed by atoms with Crippen molar-refractivity contribution in [3.63, 3.8) is 0 Å². The van der Waals surface area contributed by atoms with Gasteiger partial charge in [-0.05, 0) is 37.1 Å². The summed E-state index contributed by atoms with van der Waals surface area (Å²) in [4.78, 5) is 35.1. The second-order valence-corrected chi connectivity index (χ2v) is 6.08. The number of carbonyl (C=O) groups is 3. The monoisotopic (exact) mass is 347 g/mol. The summed E-state index contributed by atoms with van der Waals surface area (Å²) in [5.41, 5.74) is 1.16. The van der Waals surface area contributed by atoms with E-state index in [2.05, 4.69) is 29.8 Å². The Labute approximate surface area is 149 Å². The van der Waals surface area contributed by atoms with Gasteiger partial charge in [-0.15, -0.1) is 0 Å². The Kier molecular flexibility index (Phi) is 9.29. The summed E-state index contributed by atoms with van der Waals surface area (Å²) in [6, 6.07) is 6.66. The predicted octanol–water partition coefficient (Wildman–Crippen LogP) is 2.71. The van der Waals surface area contributed by atoms with Gasteiger partial charge >= 0.3 is 0 Å². The molecule has 6 heteroatoms. The Balaban J connectivity index is 2.36. The Bertz CT molecular complexity index is 564. The van der Waals surface area contributed by atoms with Gasteiger partial charge in [0, 0.05) is 37.2 Å². The van der Waals surface area contributed by atoms with Crippen LogP contribution in [0.5, 0.6) is 0 Å². The molecule has 1 aromatic carbocycles. The molecule has 0 aliphatic rings. The first-order chi connectivity index (χ1) is 12.0. The number of carbonyl (C=O) groups excluding carboxylic acids is 3. The predicted molar refractivity (Wildman–Crippen MR) is 99.4 cm³/mol. The summed E-state index contributed by atoms with van der Waals surface area (Å²) in [5, 5.41) is 8.31. The first-order valence-electron chi connectivity index (χ1n) is 8.91. The van der Waals surface area contributed by atoms with Crippen LogP contribution >= 0.6 is 0 Å². The lowest BCUT2D eigenvalue weighted by Crippen LogP contribution is -2.37. The van der Waals surface area contributed by atoms with Crippen molar-refractivity contribution in [2.24, 2.45) is 5.92 Å². The van der Waals surface area contributed by atoms with Gasteiger partial charge in [0.1, 0.15) is 0 Å². The molecule has 0 aliphatic heterocycles. The van der Waals surface area contributed by atoms with Gasteiger partial charge in [0.2, 0.25) is 11.8 Å². The van der Waals surface area contributed by atoms with E-state index < -0.39 is 0 Å². The van der Waals surface area contributed by atoms with Crippen LogP contribution < -0.4 is 16.0 Å². The third-order valence-electron chi connectivity index (χ3n) is 3.82. The van der Waals surface area contributed by atoms with Crippen LogP contribution in [0.3, 0.4) is 0 Å². The van der Waals surface area contributed by atoms with E-state index >= 15 is 0 Å². The molecule has 0 unspecified atom stereocenters. The van der Waals surface area contributed by atoms with E-state index in [1.165, 1.54) is 6.92 Å². The van der Waals surface area contributed by atoms with Gasteiger partial charge < -0.3 is 16.0 Å². The maximum absolute atomic E-state index is 12.1. The topological polar surface area (TPSA) is 87.3 Å². The molecule has 0 bridgehead atoms. The zero-order valence-electron chi connectivity index (χ0n) is 15.4. The molecule has 0 saturated heterocycles. The van der Waals surface area contributed by atoms with E-state index in [0.29, 0.717) is 24.3 Å². The molecule has 3 N–H and O–H groups in total. The summed E-state index contributed by atoms with van der Waals surface area (Å²) in [7, 11) is 0. The molecule has 0 radical (unpaired) electrons. The number of nitrogens with one attached hydrogen (secondary N) is 3. The van der Waals surface area contributed by atoms with Crippen molar-refractivity contribution in [1.29, 1.82) is 0 Å². The lowest BCUT2D eigenvalue weighted by atomic mass is 9.97. The second kappa shape index (κ2) is 11.2. The van der Waals surface area contributed by atoms with E-state index in [9.17, 15) is 14.4 Å². The number of hydrogen-bond donors (Lipinski definition) is 3. The summed E-state index contributed by atoms with van der Waals surface area (Å²) >= 11 is 0. The van der Waals surface area contributed by atoms with Crippen LogP contribution in [0.25, 0.3) is 0 Å². The van der Waals surface area contributed by atoms with Crippen LogP contribution in [0.1, 0.15) is 56.8 Å². The van der Waals surface area contributed by atoms with Gasteiger partial charge in [0.15, 0.2) is 0 Å². The Morgan fingerprint density at radius 3 is 2.00 bits per heavy atom. The van der Waals surface area contributed by atoms with Crippen LogP contribution in [0.2, 0.25) is 0 Å². The van der Waals surface area contributed by atoms with Gasteiger partial charge in [-0.25, -0.2) is 0 Å². The molecule has 0 aromatic heterocycles. The van der Waals surface area contributed by atoms with Crippen LogP contribution in [0.4, 0.5) is 5.69 Å². The highest BCUT2D eigenvalue weighted by Crippen LogP contribution is 2.13. The SMILES string of the molecule is CCCC(CCC)C(=O)NCCNC(=O)c1ccc(NC(C)=O)cc1. The maximum atomic E-state index is 12.1. The van der Waals surface area contributed by atoms with Crippen molar-refractivity contribution < 1.29 is 14.4 Å². The van der Waals surface area contributed by atoms with E-state index in [0.717, 1.165) is 25.7 Å². The fraction of sp³-hybridized carbons (Fsp3) is 0.526. The first-order valence-corrected chi connectivity index (χ1v) is 8.91. The van der Waals surface area contributed by atoms with Crippen LogP contribution in [-0.2, 0) is 9.59 Å². The fourth-order valence-corrected chi connectivity index (χ4v) is 2.62. The van der Waals surface area contributed by atoms with Crippen molar-refractivity contribution in [3.05, 3.63) is 29.8 Å². The molecule has 25 heavy (non-hydrogen) atoms. The van der Waals surface area contributed by atoms with E-state index in [4.69, 9.17) is 0 Å². The van der Waals surface area contributed by atoms with Gasteiger partial charge in [0.25, 0.3) is 5.91 Å². The van der Waals surface area contributed by atoms with Gasteiger partial charge in [-0.2, -0.15) is 0 Å². The molecule has 6 nitrogen and oxygen atoms in total. The maximum Gasteiger partial charge on any atom is 0.251 e. The summed E-state index contributed by atoms with van der Waals surface area (Å²) in [5.74, 6) is -0.232. The average molecular weight is 347 g/mol. The highest BCUT2D eigenvalue weighted by atomic mass is 16.2. The average Bonchev–Trinajstić information content (AvgIpc) is 2.58. The molecule has 0 spiro atoms. The second-order valence-electron chi connectivity index (χ2n) is 6.08. The summed E-state index contributed by atoms with van der Waals surface area (Å²) in [6.45, 7) is 6.38. The normalized spacial score (nSPS) is 10.4. The van der Waals surface area contributed by atoms with Crippen LogP contribution in [-0.4, -0.2) is 30.8 Å². The Hall–Kier alpha value is -2.37. The summed E-state index contributed by atoms with van der Waals surface area (Å²) in [6.07, 6.45) is 3.77. The van der Waals surface area contributed by atoms with Crippen LogP contribution in [0, 0.1) is 5.92 Å². The zero-order valence-corrected chi connectivity index (χ0v) is 15.4. The van der Waals surface area contributed by atoms with Crippen molar-refractivity contribution in [1.82, 2.24) is 10.6 Å². The highest BCUT2D eigenvalue weighted by molar-refractivity contribution is 5.95. The minimum atomic E-state index is -0.206. The molecule has 0 aliphatic carbocycles. The molecule has 1 aromatic rings. The lowest BCUT2D eigenvalue weighted by Gasteiger charge is -2.15. The molecule has 0 fully saturated rings. The molecule has 0 atom stereocenters. The quantitative estimate of drug-likeness (QED) is 0.569. The third-order valence-corrected chi connectivity index (χ3v) is 3.82. The minimum Gasteiger partial charge on any atom is -0.354 e. The standard InChI is InChI=1S/C19H29N3O3/c1-4-6-15(7-5-2)18(24)20-12-13-21-19(25)16-8-10-17(11-9-16)22-14(3)23/h8-11,15H,4-7,12-13H2,1-3H3,(H,20,24)(H,21,25)(H,22,23).